The Morgan fingerprint density at radius 1 is 1.54 bits per heavy atom. The van der Waals surface area contributed by atoms with E-state index in [4.69, 9.17) is 5.73 Å². The van der Waals surface area contributed by atoms with E-state index in [9.17, 15) is 13.2 Å². The molecule has 1 aliphatic heterocycles. The Morgan fingerprint density at radius 2 is 2.08 bits per heavy atom. The van der Waals surface area contributed by atoms with Crippen LogP contribution < -0.4 is 11.1 Å². The van der Waals surface area contributed by atoms with Crippen molar-refractivity contribution in [2.75, 3.05) is 12.3 Å². The van der Waals surface area contributed by atoms with E-state index in [-0.39, 0.29) is 5.75 Å². The fraction of sp³-hybridized carbons (Fsp3) is 0.857. The number of amides is 1. The summed E-state index contributed by atoms with van der Waals surface area (Å²) in [5.74, 6) is -0.558. The lowest BCUT2D eigenvalue weighted by atomic mass is 10.0. The number of carbonyl (C=O) groups is 1. The molecule has 76 valence electrons. The van der Waals surface area contributed by atoms with Crippen molar-refractivity contribution in [2.24, 2.45) is 5.73 Å². The molecule has 1 unspecified atom stereocenters. The summed E-state index contributed by atoms with van der Waals surface area (Å²) < 4.78 is 22.0. The Hall–Kier alpha value is -0.620. The molecule has 6 heteroatoms. The van der Waals surface area contributed by atoms with Crippen LogP contribution in [0.3, 0.4) is 0 Å². The Balaban J connectivity index is 3.09. The van der Waals surface area contributed by atoms with Crippen LogP contribution in [0.5, 0.6) is 0 Å². The molecule has 1 saturated heterocycles. The summed E-state index contributed by atoms with van der Waals surface area (Å²) in [5.41, 5.74) is 5.10. The van der Waals surface area contributed by atoms with E-state index in [1.54, 1.807) is 0 Å². The van der Waals surface area contributed by atoms with Crippen molar-refractivity contribution in [3.63, 3.8) is 0 Å². The highest BCUT2D eigenvalue weighted by atomic mass is 32.2. The van der Waals surface area contributed by atoms with E-state index in [0.29, 0.717) is 6.54 Å². The molecule has 0 aromatic carbocycles. The lowest BCUT2D eigenvalue weighted by Crippen LogP contribution is -2.63. The van der Waals surface area contributed by atoms with Crippen molar-refractivity contribution in [3.05, 3.63) is 0 Å². The Kier molecular flexibility index (Phi) is 2.38. The molecule has 0 radical (unpaired) electrons. The fourth-order valence-electron chi connectivity index (χ4n) is 1.47. The predicted molar refractivity (Wildman–Crippen MR) is 48.9 cm³/mol. The third-order valence-electron chi connectivity index (χ3n) is 2.50. The van der Waals surface area contributed by atoms with Gasteiger partial charge in [0.05, 0.1) is 10.5 Å². The molecule has 1 fully saturated rings. The monoisotopic (exact) mass is 206 g/mol. The highest BCUT2D eigenvalue weighted by Gasteiger charge is 2.47. The average molecular weight is 206 g/mol. The third kappa shape index (κ3) is 1.55. The van der Waals surface area contributed by atoms with Crippen LogP contribution in [0.4, 0.5) is 0 Å². The van der Waals surface area contributed by atoms with E-state index in [0.717, 1.165) is 0 Å². The molecule has 1 heterocycles. The van der Waals surface area contributed by atoms with E-state index >= 15 is 0 Å². The van der Waals surface area contributed by atoms with Crippen LogP contribution in [-0.2, 0) is 14.6 Å². The number of hydrogen-bond acceptors (Lipinski definition) is 4. The zero-order chi connectivity index (χ0) is 10.3. The van der Waals surface area contributed by atoms with E-state index in [1.807, 2.05) is 0 Å². The van der Waals surface area contributed by atoms with Crippen LogP contribution >= 0.6 is 0 Å². The van der Waals surface area contributed by atoms with Gasteiger partial charge in [0.15, 0.2) is 9.84 Å². The third-order valence-corrected chi connectivity index (χ3v) is 5.08. The Labute approximate surface area is 77.6 Å². The number of sulfone groups is 1. The molecular weight excluding hydrogens is 192 g/mol. The summed E-state index contributed by atoms with van der Waals surface area (Å²) in [5, 5.41) is 2.81. The van der Waals surface area contributed by atoms with Crippen molar-refractivity contribution < 1.29 is 13.2 Å². The number of nitrogens with one attached hydrogen (secondary N) is 1. The second-order valence-corrected chi connectivity index (χ2v) is 6.40. The summed E-state index contributed by atoms with van der Waals surface area (Å²) in [7, 11) is -3.22. The molecule has 1 aliphatic rings. The van der Waals surface area contributed by atoms with Gasteiger partial charge < -0.3 is 11.1 Å². The predicted octanol–water partition coefficient (Wildman–Crippen LogP) is -1.36. The van der Waals surface area contributed by atoms with Crippen molar-refractivity contribution in [1.82, 2.24) is 5.32 Å². The number of primary amides is 1. The van der Waals surface area contributed by atoms with Crippen LogP contribution in [-0.4, -0.2) is 37.4 Å². The van der Waals surface area contributed by atoms with Crippen molar-refractivity contribution in [3.8, 4) is 0 Å². The van der Waals surface area contributed by atoms with Gasteiger partial charge in [-0.3, -0.25) is 4.79 Å². The molecule has 3 N–H and O–H groups in total. The maximum Gasteiger partial charge on any atom is 0.236 e. The van der Waals surface area contributed by atoms with Crippen molar-refractivity contribution >= 4 is 15.7 Å². The Morgan fingerprint density at radius 3 is 2.46 bits per heavy atom. The van der Waals surface area contributed by atoms with E-state index < -0.39 is 26.5 Å². The van der Waals surface area contributed by atoms with Crippen LogP contribution in [0.25, 0.3) is 0 Å². The number of carbonyl (C=O) groups excluding carboxylic acids is 1. The largest absolute Gasteiger partial charge is 0.368 e. The lowest BCUT2D eigenvalue weighted by Gasteiger charge is -2.36. The summed E-state index contributed by atoms with van der Waals surface area (Å²) >= 11 is 0. The van der Waals surface area contributed by atoms with Gasteiger partial charge in [-0.05, 0) is 13.8 Å². The maximum atomic E-state index is 11.6. The van der Waals surface area contributed by atoms with Gasteiger partial charge in [-0.1, -0.05) is 0 Å². The summed E-state index contributed by atoms with van der Waals surface area (Å²) in [6.45, 7) is 3.33. The second kappa shape index (κ2) is 2.95. The molecule has 1 amide bonds. The van der Waals surface area contributed by atoms with Gasteiger partial charge in [0.25, 0.3) is 0 Å². The first-order chi connectivity index (χ1) is 5.79. The average Bonchev–Trinajstić information content (AvgIpc) is 1.94. The minimum Gasteiger partial charge on any atom is -0.368 e. The maximum absolute atomic E-state index is 11.6. The highest BCUT2D eigenvalue weighted by Crippen LogP contribution is 2.24. The second-order valence-electron chi connectivity index (χ2n) is 3.71. The highest BCUT2D eigenvalue weighted by molar-refractivity contribution is 7.92. The number of rotatable bonds is 1. The SMILES string of the molecule is CC1(C)C(C(N)=O)NCCS1(=O)=O. The minimum atomic E-state index is -3.22. The van der Waals surface area contributed by atoms with Crippen molar-refractivity contribution in [1.29, 1.82) is 0 Å². The zero-order valence-corrected chi connectivity index (χ0v) is 8.52. The quantitative estimate of drug-likeness (QED) is 0.554. The molecule has 0 aliphatic carbocycles. The number of hydrogen-bond donors (Lipinski definition) is 2. The van der Waals surface area contributed by atoms with Crippen molar-refractivity contribution in [2.45, 2.75) is 24.6 Å². The van der Waals surface area contributed by atoms with Gasteiger partial charge >= 0.3 is 0 Å². The Bertz CT molecular complexity index is 321. The van der Waals surface area contributed by atoms with Gasteiger partial charge in [0.1, 0.15) is 6.04 Å². The van der Waals surface area contributed by atoms with Gasteiger partial charge in [-0.15, -0.1) is 0 Å². The molecule has 1 atom stereocenters. The normalized spacial score (nSPS) is 31.1. The van der Waals surface area contributed by atoms with Gasteiger partial charge in [0, 0.05) is 6.54 Å². The van der Waals surface area contributed by atoms with Gasteiger partial charge in [-0.25, -0.2) is 8.42 Å². The van der Waals surface area contributed by atoms with E-state index in [1.165, 1.54) is 13.8 Å². The molecule has 0 saturated carbocycles. The zero-order valence-electron chi connectivity index (χ0n) is 7.70. The topological polar surface area (TPSA) is 89.3 Å². The van der Waals surface area contributed by atoms with Crippen LogP contribution in [0.15, 0.2) is 0 Å². The standard InChI is InChI=1S/C7H14N2O3S/c1-7(2)5(6(8)10)9-3-4-13(7,11)12/h5,9H,3-4H2,1-2H3,(H2,8,10). The van der Waals surface area contributed by atoms with E-state index in [2.05, 4.69) is 5.32 Å². The summed E-state index contributed by atoms with van der Waals surface area (Å²) in [6, 6.07) is -0.786. The first kappa shape index (κ1) is 10.5. The number of nitrogens with two attached hydrogens (primary N) is 1. The van der Waals surface area contributed by atoms with Gasteiger partial charge in [-0.2, -0.15) is 0 Å². The molecule has 0 spiro atoms. The van der Waals surface area contributed by atoms with Crippen LogP contribution in [0, 0.1) is 0 Å². The summed E-state index contributed by atoms with van der Waals surface area (Å²) in [4.78, 5) is 11.0. The molecule has 1 rings (SSSR count). The minimum absolute atomic E-state index is 0.0593. The fourth-order valence-corrected chi connectivity index (χ4v) is 2.94. The first-order valence-electron chi connectivity index (χ1n) is 4.04. The lowest BCUT2D eigenvalue weighted by molar-refractivity contribution is -0.120. The molecule has 0 bridgehead atoms. The van der Waals surface area contributed by atoms with Crippen LogP contribution in [0.2, 0.25) is 0 Å². The molecule has 0 aromatic rings. The molecule has 5 nitrogen and oxygen atoms in total. The van der Waals surface area contributed by atoms with Gasteiger partial charge in [0.2, 0.25) is 5.91 Å². The molecule has 0 aromatic heterocycles. The van der Waals surface area contributed by atoms with Crippen LogP contribution in [0.1, 0.15) is 13.8 Å². The smallest absolute Gasteiger partial charge is 0.236 e. The molecule has 13 heavy (non-hydrogen) atoms. The first-order valence-corrected chi connectivity index (χ1v) is 5.69. The summed E-state index contributed by atoms with van der Waals surface area (Å²) in [6.07, 6.45) is 0. The molecular formula is C7H14N2O3S.